The Balaban J connectivity index is 3.38. The zero-order chi connectivity index (χ0) is 15.4. The van der Waals surface area contributed by atoms with Crippen molar-refractivity contribution in [1.82, 2.24) is 0 Å². The van der Waals surface area contributed by atoms with Crippen LogP contribution >= 0.6 is 23.3 Å². The summed E-state index contributed by atoms with van der Waals surface area (Å²) in [6.45, 7) is 1.48. The second-order valence-corrected chi connectivity index (χ2v) is 6.84. The summed E-state index contributed by atoms with van der Waals surface area (Å²) in [6, 6.07) is 5.12. The van der Waals surface area contributed by atoms with Crippen LogP contribution < -0.4 is 0 Å². The van der Waals surface area contributed by atoms with Crippen molar-refractivity contribution in [2.45, 2.75) is 12.3 Å². The molecule has 0 unspecified atom stereocenters. The number of halogens is 1. The monoisotopic (exact) mass is 361 g/mol. The first-order valence-electron chi connectivity index (χ1n) is 5.48. The lowest BCUT2D eigenvalue weighted by molar-refractivity contribution is -0.384. The van der Waals surface area contributed by atoms with Crippen LogP contribution in [0, 0.1) is 21.7 Å². The van der Waals surface area contributed by atoms with E-state index in [4.69, 9.17) is 4.52 Å². The first-order valence-corrected chi connectivity index (χ1v) is 8.22. The summed E-state index contributed by atoms with van der Waals surface area (Å²) in [4.78, 5) is 10.1. The lowest BCUT2D eigenvalue weighted by Gasteiger charge is -2.30. The van der Waals surface area contributed by atoms with E-state index in [2.05, 4.69) is 27.5 Å². The van der Waals surface area contributed by atoms with Crippen molar-refractivity contribution in [2.24, 2.45) is 0 Å². The van der Waals surface area contributed by atoms with Gasteiger partial charge < -0.3 is 9.63 Å². The smallest absolute Gasteiger partial charge is 0.309 e. The van der Waals surface area contributed by atoms with E-state index in [0.717, 1.165) is 0 Å². The molecule has 0 aromatic heterocycles. The van der Waals surface area contributed by atoms with Gasteiger partial charge in [0, 0.05) is 24.6 Å². The summed E-state index contributed by atoms with van der Waals surface area (Å²) in [5.41, 5.74) is 2.51. The standard InChI is InChI=1S/C12H13BrNO5P/c1-3-8-20(18,19-2)12(15,9-13)10-4-6-11(7-5-10)14(16)17/h4-7,15H,9H2,1-2H3/t12-,20-/m1/s1. The van der Waals surface area contributed by atoms with Gasteiger partial charge in [-0.15, -0.1) is 0 Å². The molecule has 1 aromatic rings. The molecule has 0 amide bonds. The van der Waals surface area contributed by atoms with Crippen LogP contribution in [0.25, 0.3) is 0 Å². The Labute approximate surface area is 124 Å². The van der Waals surface area contributed by atoms with Gasteiger partial charge in [-0.2, -0.15) is 0 Å². The highest BCUT2D eigenvalue weighted by Gasteiger charge is 2.47. The van der Waals surface area contributed by atoms with Crippen molar-refractivity contribution in [3.05, 3.63) is 39.9 Å². The highest BCUT2D eigenvalue weighted by atomic mass is 79.9. The number of hydrogen-bond acceptors (Lipinski definition) is 5. The van der Waals surface area contributed by atoms with Crippen molar-refractivity contribution in [1.29, 1.82) is 0 Å². The summed E-state index contributed by atoms with van der Waals surface area (Å²) in [5, 5.41) is 19.3. The maximum atomic E-state index is 12.6. The zero-order valence-electron chi connectivity index (χ0n) is 10.9. The van der Waals surface area contributed by atoms with Crippen LogP contribution in [-0.4, -0.2) is 22.5 Å². The van der Waals surface area contributed by atoms with Crippen LogP contribution in [0.3, 0.4) is 0 Å². The van der Waals surface area contributed by atoms with Gasteiger partial charge in [0.2, 0.25) is 0 Å². The van der Waals surface area contributed by atoms with E-state index in [-0.39, 0.29) is 16.6 Å². The molecule has 0 fully saturated rings. The molecule has 0 aliphatic heterocycles. The summed E-state index contributed by atoms with van der Waals surface area (Å²) < 4.78 is 17.6. The highest BCUT2D eigenvalue weighted by molar-refractivity contribution is 9.09. The van der Waals surface area contributed by atoms with E-state index in [0.29, 0.717) is 0 Å². The van der Waals surface area contributed by atoms with Gasteiger partial charge in [-0.05, 0) is 30.3 Å². The molecule has 1 rings (SSSR count). The molecule has 108 valence electrons. The predicted molar refractivity (Wildman–Crippen MR) is 78.9 cm³/mol. The number of alkyl halides is 1. The molecule has 0 spiro atoms. The van der Waals surface area contributed by atoms with E-state index in [1.807, 2.05) is 0 Å². The summed E-state index contributed by atoms with van der Waals surface area (Å²) in [5.74, 6) is 2.47. The Morgan fingerprint density at radius 2 is 2.05 bits per heavy atom. The fraction of sp³-hybridized carbons (Fsp3) is 0.333. The summed E-state index contributed by atoms with van der Waals surface area (Å²) in [6.07, 6.45) is 0. The van der Waals surface area contributed by atoms with Gasteiger partial charge in [-0.1, -0.05) is 21.9 Å². The third kappa shape index (κ3) is 2.94. The lowest BCUT2D eigenvalue weighted by atomic mass is 10.1. The van der Waals surface area contributed by atoms with Gasteiger partial charge in [-0.3, -0.25) is 14.7 Å². The van der Waals surface area contributed by atoms with E-state index < -0.39 is 17.6 Å². The molecule has 0 radical (unpaired) electrons. The Bertz CT molecular complexity index is 607. The van der Waals surface area contributed by atoms with Gasteiger partial charge in [0.05, 0.1) is 4.92 Å². The fourth-order valence-electron chi connectivity index (χ4n) is 1.61. The van der Waals surface area contributed by atoms with E-state index >= 15 is 0 Å². The molecule has 0 aliphatic carbocycles. The van der Waals surface area contributed by atoms with Crippen LogP contribution in [0.15, 0.2) is 24.3 Å². The third-order valence-corrected chi connectivity index (χ3v) is 6.40. The number of aliphatic hydroxyl groups is 1. The molecule has 0 saturated carbocycles. The third-order valence-electron chi connectivity index (χ3n) is 2.73. The first kappa shape index (κ1) is 16.9. The molecule has 6 nitrogen and oxygen atoms in total. The minimum Gasteiger partial charge on any atom is -0.374 e. The van der Waals surface area contributed by atoms with Crippen molar-refractivity contribution in [2.75, 3.05) is 12.4 Å². The molecule has 8 heteroatoms. The number of nitro benzene ring substituents is 1. The second-order valence-electron chi connectivity index (χ2n) is 3.85. The van der Waals surface area contributed by atoms with Gasteiger partial charge in [0.1, 0.15) is 0 Å². The van der Waals surface area contributed by atoms with Crippen LogP contribution in [0.4, 0.5) is 5.69 Å². The van der Waals surface area contributed by atoms with Crippen LogP contribution in [0.1, 0.15) is 12.5 Å². The molecule has 20 heavy (non-hydrogen) atoms. The predicted octanol–water partition coefficient (Wildman–Crippen LogP) is 3.04. The normalized spacial score (nSPS) is 16.4. The quantitative estimate of drug-likeness (QED) is 0.286. The van der Waals surface area contributed by atoms with Gasteiger partial charge >= 0.3 is 7.37 Å². The molecule has 0 aliphatic rings. The number of benzene rings is 1. The molecule has 0 heterocycles. The minimum atomic E-state index is -3.71. The molecule has 0 bridgehead atoms. The number of nitrogens with zero attached hydrogens (tertiary/aromatic N) is 1. The topological polar surface area (TPSA) is 89.7 Å². The van der Waals surface area contributed by atoms with Crippen LogP contribution in [0.2, 0.25) is 0 Å². The molecular formula is C12H13BrNO5P. The van der Waals surface area contributed by atoms with E-state index in [1.54, 1.807) is 0 Å². The van der Waals surface area contributed by atoms with Crippen LogP contribution in [-0.2, 0) is 14.4 Å². The zero-order valence-corrected chi connectivity index (χ0v) is 13.3. The minimum absolute atomic E-state index is 0.0857. The van der Waals surface area contributed by atoms with Crippen molar-refractivity contribution in [3.8, 4) is 11.6 Å². The number of rotatable bonds is 5. The van der Waals surface area contributed by atoms with Crippen molar-refractivity contribution >= 4 is 29.0 Å². The Morgan fingerprint density at radius 3 is 2.40 bits per heavy atom. The Kier molecular flexibility index (Phi) is 5.49. The van der Waals surface area contributed by atoms with E-state index in [9.17, 15) is 19.8 Å². The Morgan fingerprint density at radius 1 is 1.50 bits per heavy atom. The molecule has 2 atom stereocenters. The maximum absolute atomic E-state index is 12.6. The summed E-state index contributed by atoms with van der Waals surface area (Å²) in [7, 11) is -2.51. The SMILES string of the molecule is CC#C[P@@](=O)(OC)[C@](O)(CBr)c1ccc([N+](=O)[O-])cc1. The van der Waals surface area contributed by atoms with E-state index in [1.165, 1.54) is 38.3 Å². The maximum Gasteiger partial charge on any atom is 0.309 e. The van der Waals surface area contributed by atoms with Gasteiger partial charge in [-0.25, -0.2) is 0 Å². The van der Waals surface area contributed by atoms with Gasteiger partial charge in [0.15, 0.2) is 5.34 Å². The Hall–Kier alpha value is -1.19. The summed E-state index contributed by atoms with van der Waals surface area (Å²) >= 11 is 3.10. The highest BCUT2D eigenvalue weighted by Crippen LogP contribution is 2.62. The molecule has 0 saturated heterocycles. The molecule has 1 aromatic carbocycles. The number of non-ortho nitro benzene ring substituents is 1. The second kappa shape index (κ2) is 6.51. The molecular weight excluding hydrogens is 349 g/mol. The average Bonchev–Trinajstić information content (AvgIpc) is 2.46. The number of nitro groups is 1. The average molecular weight is 362 g/mol. The molecule has 1 N–H and O–H groups in total. The van der Waals surface area contributed by atoms with Crippen molar-refractivity contribution in [3.63, 3.8) is 0 Å². The fourth-order valence-corrected chi connectivity index (χ4v) is 4.45. The first-order chi connectivity index (χ1) is 9.34. The number of hydrogen-bond donors (Lipinski definition) is 1. The largest absolute Gasteiger partial charge is 0.374 e. The lowest BCUT2D eigenvalue weighted by Crippen LogP contribution is -2.28. The van der Waals surface area contributed by atoms with Crippen molar-refractivity contribution < 1.29 is 19.1 Å². The van der Waals surface area contributed by atoms with Gasteiger partial charge in [0.25, 0.3) is 5.69 Å². The van der Waals surface area contributed by atoms with Crippen LogP contribution in [0.5, 0.6) is 0 Å².